The van der Waals surface area contributed by atoms with Crippen molar-refractivity contribution < 1.29 is 9.21 Å². The number of hydrogen-bond donors (Lipinski definition) is 1. The molecule has 4 aliphatic rings. The first-order chi connectivity index (χ1) is 12.5. The van der Waals surface area contributed by atoms with Crippen LogP contribution in [0.4, 0.5) is 0 Å². The third kappa shape index (κ3) is 2.77. The molecule has 6 heteroatoms. The van der Waals surface area contributed by atoms with E-state index in [-0.39, 0.29) is 11.4 Å². The topological polar surface area (TPSA) is 64.2 Å². The van der Waals surface area contributed by atoms with Crippen molar-refractivity contribution in [1.82, 2.24) is 9.88 Å². The molecular formula is C20H23ClN2O3. The number of benzene rings is 1. The quantitative estimate of drug-likeness (QED) is 0.886. The molecule has 1 amide bonds. The van der Waals surface area contributed by atoms with Crippen LogP contribution >= 0.6 is 11.6 Å². The highest BCUT2D eigenvalue weighted by atomic mass is 35.5. The number of hydrogen-bond acceptors (Lipinski definition) is 3. The van der Waals surface area contributed by atoms with Crippen molar-refractivity contribution in [2.45, 2.75) is 57.0 Å². The molecular weight excluding hydrogens is 352 g/mol. The minimum absolute atomic E-state index is 0.0167. The molecule has 1 aromatic carbocycles. The molecule has 4 bridgehead atoms. The molecule has 138 valence electrons. The van der Waals surface area contributed by atoms with Gasteiger partial charge in [-0.2, -0.15) is 0 Å². The van der Waals surface area contributed by atoms with Gasteiger partial charge in [0.1, 0.15) is 0 Å². The molecule has 0 unspecified atom stereocenters. The van der Waals surface area contributed by atoms with Crippen LogP contribution in [0.5, 0.6) is 0 Å². The number of nitrogens with one attached hydrogen (secondary N) is 1. The van der Waals surface area contributed by atoms with Crippen LogP contribution < -0.4 is 11.1 Å². The lowest BCUT2D eigenvalue weighted by Crippen LogP contribution is -2.59. The van der Waals surface area contributed by atoms with Gasteiger partial charge in [-0.05, 0) is 68.4 Å². The molecule has 1 aromatic heterocycles. The van der Waals surface area contributed by atoms with Gasteiger partial charge in [0.05, 0.1) is 5.52 Å². The zero-order valence-electron chi connectivity index (χ0n) is 14.7. The number of oxazole rings is 1. The van der Waals surface area contributed by atoms with Crippen LogP contribution in [0.1, 0.15) is 44.9 Å². The summed E-state index contributed by atoms with van der Waals surface area (Å²) in [4.78, 5) is 24.7. The Hall–Kier alpha value is -1.75. The van der Waals surface area contributed by atoms with Crippen molar-refractivity contribution in [2.75, 3.05) is 0 Å². The van der Waals surface area contributed by atoms with E-state index in [0.29, 0.717) is 29.1 Å². The van der Waals surface area contributed by atoms with Gasteiger partial charge >= 0.3 is 5.76 Å². The molecule has 4 saturated carbocycles. The SMILES string of the molecule is O=C(CCn1c(=O)oc2cc(Cl)ccc21)NC12CC3CC(CC(C3)C1)C2. The number of carbonyl (C=O) groups is 1. The molecule has 0 atom stereocenters. The fourth-order valence-corrected chi connectivity index (χ4v) is 6.25. The van der Waals surface area contributed by atoms with Gasteiger partial charge in [-0.25, -0.2) is 4.79 Å². The van der Waals surface area contributed by atoms with E-state index in [4.69, 9.17) is 16.0 Å². The Balaban J connectivity index is 1.28. The number of rotatable bonds is 4. The van der Waals surface area contributed by atoms with E-state index in [1.54, 1.807) is 18.2 Å². The second-order valence-corrected chi connectivity index (χ2v) is 9.06. The predicted octanol–water partition coefficient (Wildman–Crippen LogP) is 3.72. The Morgan fingerprint density at radius 1 is 1.19 bits per heavy atom. The van der Waals surface area contributed by atoms with Crippen molar-refractivity contribution in [3.05, 3.63) is 33.8 Å². The first-order valence-corrected chi connectivity index (χ1v) is 9.97. The summed E-state index contributed by atoms with van der Waals surface area (Å²) in [5.41, 5.74) is 1.16. The first kappa shape index (κ1) is 16.4. The smallest absolute Gasteiger partial charge is 0.408 e. The maximum absolute atomic E-state index is 12.6. The molecule has 0 spiro atoms. The van der Waals surface area contributed by atoms with E-state index in [1.165, 1.54) is 23.8 Å². The van der Waals surface area contributed by atoms with Gasteiger partial charge < -0.3 is 9.73 Å². The van der Waals surface area contributed by atoms with E-state index in [2.05, 4.69) is 5.32 Å². The number of nitrogens with zero attached hydrogens (tertiary/aromatic N) is 1. The Labute approximate surface area is 156 Å². The maximum atomic E-state index is 12.6. The molecule has 1 N–H and O–H groups in total. The van der Waals surface area contributed by atoms with Crippen LogP contribution in [-0.4, -0.2) is 16.0 Å². The standard InChI is InChI=1S/C20H23ClN2O3/c21-15-1-2-16-17(8-15)26-19(25)23(16)4-3-18(24)22-20-9-12-5-13(10-20)7-14(6-12)11-20/h1-2,8,12-14H,3-7,9-11H2,(H,22,24). The van der Waals surface area contributed by atoms with Gasteiger partial charge in [-0.15, -0.1) is 0 Å². The minimum Gasteiger partial charge on any atom is -0.408 e. The summed E-state index contributed by atoms with van der Waals surface area (Å²) >= 11 is 5.94. The predicted molar refractivity (Wildman–Crippen MR) is 99.1 cm³/mol. The van der Waals surface area contributed by atoms with E-state index in [9.17, 15) is 9.59 Å². The zero-order chi connectivity index (χ0) is 17.9. The average Bonchev–Trinajstić information content (AvgIpc) is 2.85. The van der Waals surface area contributed by atoms with Gasteiger partial charge in [-0.1, -0.05) is 11.6 Å². The molecule has 6 rings (SSSR count). The molecule has 0 radical (unpaired) electrons. The van der Waals surface area contributed by atoms with Crippen LogP contribution in [0.2, 0.25) is 5.02 Å². The fourth-order valence-electron chi connectivity index (χ4n) is 6.09. The molecule has 5 nitrogen and oxygen atoms in total. The van der Waals surface area contributed by atoms with Crippen LogP contribution in [-0.2, 0) is 11.3 Å². The average molecular weight is 375 g/mol. The van der Waals surface area contributed by atoms with Gasteiger partial charge in [-0.3, -0.25) is 9.36 Å². The summed E-state index contributed by atoms with van der Waals surface area (Å²) < 4.78 is 6.76. The highest BCUT2D eigenvalue weighted by Crippen LogP contribution is 2.55. The van der Waals surface area contributed by atoms with Gasteiger partial charge in [0.2, 0.25) is 5.91 Å². The van der Waals surface area contributed by atoms with Crippen molar-refractivity contribution >= 4 is 28.6 Å². The third-order valence-corrected chi connectivity index (χ3v) is 6.87. The van der Waals surface area contributed by atoms with Gasteiger partial charge in [0.15, 0.2) is 5.58 Å². The van der Waals surface area contributed by atoms with Crippen LogP contribution in [0.25, 0.3) is 11.1 Å². The molecule has 26 heavy (non-hydrogen) atoms. The number of amides is 1. The molecule has 4 aliphatic carbocycles. The lowest BCUT2D eigenvalue weighted by atomic mass is 9.53. The largest absolute Gasteiger partial charge is 0.419 e. The second kappa shape index (κ2) is 5.88. The molecule has 4 fully saturated rings. The summed E-state index contributed by atoms with van der Waals surface area (Å²) in [7, 11) is 0. The Morgan fingerprint density at radius 2 is 1.85 bits per heavy atom. The van der Waals surface area contributed by atoms with Crippen molar-refractivity contribution in [3.63, 3.8) is 0 Å². The normalized spacial score (nSPS) is 32.3. The van der Waals surface area contributed by atoms with E-state index in [1.807, 2.05) is 0 Å². The van der Waals surface area contributed by atoms with Gasteiger partial charge in [0, 0.05) is 29.6 Å². The highest BCUT2D eigenvalue weighted by molar-refractivity contribution is 6.31. The second-order valence-electron chi connectivity index (χ2n) is 8.63. The molecule has 0 aliphatic heterocycles. The lowest BCUT2D eigenvalue weighted by Gasteiger charge is -2.56. The van der Waals surface area contributed by atoms with Crippen molar-refractivity contribution in [3.8, 4) is 0 Å². The third-order valence-electron chi connectivity index (χ3n) is 6.64. The Kier molecular flexibility index (Phi) is 3.71. The fraction of sp³-hybridized carbons (Fsp3) is 0.600. The van der Waals surface area contributed by atoms with E-state index >= 15 is 0 Å². The summed E-state index contributed by atoms with van der Waals surface area (Å²) in [5, 5.41) is 3.88. The number of aromatic nitrogens is 1. The first-order valence-electron chi connectivity index (χ1n) is 9.60. The molecule has 2 aromatic rings. The number of fused-ring (bicyclic) bond motifs is 1. The van der Waals surface area contributed by atoms with Crippen molar-refractivity contribution in [1.29, 1.82) is 0 Å². The van der Waals surface area contributed by atoms with E-state index < -0.39 is 5.76 Å². The van der Waals surface area contributed by atoms with Crippen LogP contribution in [0, 0.1) is 17.8 Å². The monoisotopic (exact) mass is 374 g/mol. The molecule has 0 saturated heterocycles. The van der Waals surface area contributed by atoms with E-state index in [0.717, 1.165) is 37.0 Å². The Bertz CT molecular complexity index is 893. The molecule has 1 heterocycles. The van der Waals surface area contributed by atoms with Crippen LogP contribution in [0.15, 0.2) is 27.4 Å². The highest BCUT2D eigenvalue weighted by Gasteiger charge is 2.51. The van der Waals surface area contributed by atoms with Gasteiger partial charge in [0.25, 0.3) is 0 Å². The summed E-state index contributed by atoms with van der Waals surface area (Å²) in [6, 6.07) is 5.12. The Morgan fingerprint density at radius 3 is 2.50 bits per heavy atom. The minimum atomic E-state index is -0.440. The number of halogens is 1. The number of carbonyl (C=O) groups excluding carboxylic acids is 1. The maximum Gasteiger partial charge on any atom is 0.419 e. The number of aryl methyl sites for hydroxylation is 1. The summed E-state index contributed by atoms with van der Waals surface area (Å²) in [6.45, 7) is 0.325. The zero-order valence-corrected chi connectivity index (χ0v) is 15.4. The van der Waals surface area contributed by atoms with Crippen molar-refractivity contribution in [2.24, 2.45) is 17.8 Å². The summed E-state index contributed by atoms with van der Waals surface area (Å²) in [6.07, 6.45) is 7.77. The summed E-state index contributed by atoms with van der Waals surface area (Å²) in [5.74, 6) is 2.00. The van der Waals surface area contributed by atoms with Crippen LogP contribution in [0.3, 0.4) is 0 Å². The lowest BCUT2D eigenvalue weighted by molar-refractivity contribution is -0.127.